The summed E-state index contributed by atoms with van der Waals surface area (Å²) >= 11 is 11.6. The van der Waals surface area contributed by atoms with E-state index in [4.69, 9.17) is 23.2 Å². The number of rotatable bonds is 5. The van der Waals surface area contributed by atoms with E-state index in [1.807, 2.05) is 38.1 Å². The number of alkyl halides is 2. The molecule has 0 saturated heterocycles. The van der Waals surface area contributed by atoms with E-state index >= 15 is 0 Å². The molecule has 0 fully saturated rings. The summed E-state index contributed by atoms with van der Waals surface area (Å²) in [6, 6.07) is 7.89. The standard InChI is InChI=1S/C13H17Cl2NO/c1-10-3-5-11(6-4-10)7-12(17)16-13(2,8-14)9-15/h3-6H,7-9H2,1-2H3,(H,16,17). The van der Waals surface area contributed by atoms with Gasteiger partial charge in [-0.2, -0.15) is 0 Å². The van der Waals surface area contributed by atoms with E-state index in [0.29, 0.717) is 18.2 Å². The number of hydrogen-bond acceptors (Lipinski definition) is 1. The number of hydrogen-bond donors (Lipinski definition) is 1. The molecule has 0 atom stereocenters. The van der Waals surface area contributed by atoms with Crippen molar-refractivity contribution in [1.29, 1.82) is 0 Å². The Morgan fingerprint density at radius 3 is 2.24 bits per heavy atom. The van der Waals surface area contributed by atoms with Crippen molar-refractivity contribution in [3.63, 3.8) is 0 Å². The van der Waals surface area contributed by atoms with Crippen molar-refractivity contribution in [3.8, 4) is 0 Å². The molecule has 1 rings (SSSR count). The van der Waals surface area contributed by atoms with Gasteiger partial charge in [-0.3, -0.25) is 4.79 Å². The minimum Gasteiger partial charge on any atom is -0.348 e. The van der Waals surface area contributed by atoms with Crippen LogP contribution in [-0.2, 0) is 11.2 Å². The van der Waals surface area contributed by atoms with E-state index in [0.717, 1.165) is 5.56 Å². The summed E-state index contributed by atoms with van der Waals surface area (Å²) in [5.74, 6) is 0.546. The van der Waals surface area contributed by atoms with Crippen LogP contribution in [-0.4, -0.2) is 23.2 Å². The van der Waals surface area contributed by atoms with Crippen LogP contribution < -0.4 is 5.32 Å². The second kappa shape index (κ2) is 6.27. The highest BCUT2D eigenvalue weighted by Gasteiger charge is 2.24. The smallest absolute Gasteiger partial charge is 0.224 e. The van der Waals surface area contributed by atoms with Gasteiger partial charge in [-0.25, -0.2) is 0 Å². The fourth-order valence-corrected chi connectivity index (χ4v) is 1.79. The SMILES string of the molecule is Cc1ccc(CC(=O)NC(C)(CCl)CCl)cc1. The molecule has 0 aromatic heterocycles. The Kier molecular flexibility index (Phi) is 5.29. The Morgan fingerprint density at radius 1 is 1.24 bits per heavy atom. The van der Waals surface area contributed by atoms with Crippen molar-refractivity contribution in [1.82, 2.24) is 5.32 Å². The number of halogens is 2. The Morgan fingerprint density at radius 2 is 1.76 bits per heavy atom. The lowest BCUT2D eigenvalue weighted by molar-refractivity contribution is -0.121. The van der Waals surface area contributed by atoms with Gasteiger partial charge in [-0.15, -0.1) is 23.2 Å². The third kappa shape index (κ3) is 4.57. The fraction of sp³-hybridized carbons (Fsp3) is 0.462. The second-order valence-corrected chi connectivity index (χ2v) is 5.07. The molecule has 94 valence electrons. The van der Waals surface area contributed by atoms with Gasteiger partial charge in [0.25, 0.3) is 0 Å². The monoisotopic (exact) mass is 273 g/mol. The van der Waals surface area contributed by atoms with Crippen molar-refractivity contribution in [2.24, 2.45) is 0 Å². The molecule has 17 heavy (non-hydrogen) atoms. The molecule has 0 radical (unpaired) electrons. The van der Waals surface area contributed by atoms with E-state index in [9.17, 15) is 4.79 Å². The fourth-order valence-electron chi connectivity index (χ4n) is 1.37. The van der Waals surface area contributed by atoms with Crippen LogP contribution in [0.3, 0.4) is 0 Å². The minimum absolute atomic E-state index is 0.0577. The average molecular weight is 274 g/mol. The molecule has 0 aliphatic heterocycles. The molecule has 1 amide bonds. The van der Waals surface area contributed by atoms with E-state index in [2.05, 4.69) is 5.32 Å². The number of carbonyl (C=O) groups excluding carboxylic acids is 1. The number of amides is 1. The molecule has 4 heteroatoms. The first-order valence-corrected chi connectivity index (χ1v) is 6.54. The maximum absolute atomic E-state index is 11.8. The average Bonchev–Trinajstić information content (AvgIpc) is 2.32. The van der Waals surface area contributed by atoms with Crippen molar-refractivity contribution < 1.29 is 4.79 Å². The van der Waals surface area contributed by atoms with Crippen LogP contribution in [0.2, 0.25) is 0 Å². The summed E-state index contributed by atoms with van der Waals surface area (Å²) in [5, 5.41) is 2.85. The van der Waals surface area contributed by atoms with Crippen LogP contribution in [0, 0.1) is 6.92 Å². The number of aryl methyl sites for hydroxylation is 1. The zero-order chi connectivity index (χ0) is 12.9. The largest absolute Gasteiger partial charge is 0.348 e. The second-order valence-electron chi connectivity index (χ2n) is 4.54. The molecule has 0 bridgehead atoms. The van der Waals surface area contributed by atoms with E-state index < -0.39 is 5.54 Å². The summed E-state index contributed by atoms with van der Waals surface area (Å²) in [4.78, 5) is 11.8. The lowest BCUT2D eigenvalue weighted by Crippen LogP contribution is -2.49. The normalized spacial score (nSPS) is 11.3. The summed E-state index contributed by atoms with van der Waals surface area (Å²) in [5.41, 5.74) is 1.63. The first-order valence-electron chi connectivity index (χ1n) is 5.47. The summed E-state index contributed by atoms with van der Waals surface area (Å²) in [7, 11) is 0. The van der Waals surface area contributed by atoms with Crippen LogP contribution >= 0.6 is 23.2 Å². The molecule has 1 aromatic carbocycles. The molecule has 0 spiro atoms. The zero-order valence-electron chi connectivity index (χ0n) is 10.1. The summed E-state index contributed by atoms with van der Waals surface area (Å²) in [6.45, 7) is 3.85. The van der Waals surface area contributed by atoms with Crippen molar-refractivity contribution in [2.45, 2.75) is 25.8 Å². The van der Waals surface area contributed by atoms with Gasteiger partial charge in [0.1, 0.15) is 0 Å². The third-order valence-electron chi connectivity index (χ3n) is 2.52. The Balaban J connectivity index is 2.58. The number of carbonyl (C=O) groups is 1. The van der Waals surface area contributed by atoms with Gasteiger partial charge < -0.3 is 5.32 Å². The zero-order valence-corrected chi connectivity index (χ0v) is 11.6. The molecule has 0 aliphatic carbocycles. The molecular formula is C13H17Cl2NO. The molecule has 0 unspecified atom stereocenters. The topological polar surface area (TPSA) is 29.1 Å². The minimum atomic E-state index is -0.537. The Bertz CT molecular complexity index is 372. The molecule has 1 aromatic rings. The highest BCUT2D eigenvalue weighted by atomic mass is 35.5. The number of benzene rings is 1. The lowest BCUT2D eigenvalue weighted by atomic mass is 10.1. The van der Waals surface area contributed by atoms with E-state index in [-0.39, 0.29) is 5.91 Å². The van der Waals surface area contributed by atoms with Gasteiger partial charge in [0.05, 0.1) is 12.0 Å². The van der Waals surface area contributed by atoms with E-state index in [1.54, 1.807) is 0 Å². The van der Waals surface area contributed by atoms with Gasteiger partial charge in [-0.1, -0.05) is 29.8 Å². The molecule has 1 N–H and O–H groups in total. The van der Waals surface area contributed by atoms with E-state index in [1.165, 1.54) is 5.56 Å². The van der Waals surface area contributed by atoms with Gasteiger partial charge in [0.15, 0.2) is 0 Å². The molecule has 0 saturated carbocycles. The van der Waals surface area contributed by atoms with Crippen LogP contribution in [0.5, 0.6) is 0 Å². The lowest BCUT2D eigenvalue weighted by Gasteiger charge is -2.25. The third-order valence-corrected chi connectivity index (χ3v) is 3.70. The first-order chi connectivity index (χ1) is 7.99. The van der Waals surface area contributed by atoms with Crippen molar-refractivity contribution in [2.75, 3.05) is 11.8 Å². The van der Waals surface area contributed by atoms with Gasteiger partial charge in [0, 0.05) is 11.8 Å². The quantitative estimate of drug-likeness (QED) is 0.822. The predicted octanol–water partition coefficient (Wildman–Crippen LogP) is 2.89. The molecule has 0 aliphatic rings. The first kappa shape index (κ1) is 14.3. The maximum Gasteiger partial charge on any atom is 0.224 e. The Labute approximate surface area is 112 Å². The number of nitrogens with one attached hydrogen (secondary N) is 1. The van der Waals surface area contributed by atoms with Crippen LogP contribution in [0.4, 0.5) is 0 Å². The van der Waals surface area contributed by atoms with Crippen LogP contribution in [0.25, 0.3) is 0 Å². The summed E-state index contributed by atoms with van der Waals surface area (Å²) in [6.07, 6.45) is 0.351. The molecule has 0 heterocycles. The molecule has 2 nitrogen and oxygen atoms in total. The highest BCUT2D eigenvalue weighted by Crippen LogP contribution is 2.10. The predicted molar refractivity (Wildman–Crippen MR) is 72.9 cm³/mol. The van der Waals surface area contributed by atoms with Gasteiger partial charge in [0.2, 0.25) is 5.91 Å². The van der Waals surface area contributed by atoms with Crippen molar-refractivity contribution in [3.05, 3.63) is 35.4 Å². The van der Waals surface area contributed by atoms with Gasteiger partial charge in [-0.05, 0) is 19.4 Å². The summed E-state index contributed by atoms with van der Waals surface area (Å²) < 4.78 is 0. The maximum atomic E-state index is 11.8. The van der Waals surface area contributed by atoms with Gasteiger partial charge >= 0.3 is 0 Å². The van der Waals surface area contributed by atoms with Crippen molar-refractivity contribution >= 4 is 29.1 Å². The Hall–Kier alpha value is -0.730. The van der Waals surface area contributed by atoms with Crippen LogP contribution in [0.15, 0.2) is 24.3 Å². The highest BCUT2D eigenvalue weighted by molar-refractivity contribution is 6.22. The van der Waals surface area contributed by atoms with Crippen LogP contribution in [0.1, 0.15) is 18.1 Å². The molecular weight excluding hydrogens is 257 g/mol.